The second-order valence-corrected chi connectivity index (χ2v) is 9.25. The lowest BCUT2D eigenvalue weighted by atomic mass is 9.88. The molecule has 1 aliphatic heterocycles. The lowest BCUT2D eigenvalue weighted by Crippen LogP contribution is -2.31. The van der Waals surface area contributed by atoms with Gasteiger partial charge < -0.3 is 20.4 Å². The zero-order valence-electron chi connectivity index (χ0n) is 19.1. The summed E-state index contributed by atoms with van der Waals surface area (Å²) < 4.78 is 0. The van der Waals surface area contributed by atoms with Crippen LogP contribution >= 0.6 is 0 Å². The van der Waals surface area contributed by atoms with Crippen molar-refractivity contribution in [2.75, 3.05) is 42.7 Å². The van der Waals surface area contributed by atoms with Gasteiger partial charge in [-0.05, 0) is 81.9 Å². The van der Waals surface area contributed by atoms with Crippen molar-refractivity contribution in [3.05, 3.63) is 54.1 Å². The number of anilines is 3. The van der Waals surface area contributed by atoms with Crippen LogP contribution in [0.2, 0.25) is 0 Å². The summed E-state index contributed by atoms with van der Waals surface area (Å²) in [6.07, 6.45) is 6.60. The first-order chi connectivity index (χ1) is 15.5. The summed E-state index contributed by atoms with van der Waals surface area (Å²) in [4.78, 5) is 29.7. The van der Waals surface area contributed by atoms with Crippen LogP contribution in [-0.4, -0.2) is 49.9 Å². The molecule has 2 aliphatic rings. The van der Waals surface area contributed by atoms with Crippen LogP contribution in [0.3, 0.4) is 0 Å². The fourth-order valence-electron chi connectivity index (χ4n) is 4.67. The van der Waals surface area contributed by atoms with E-state index < -0.39 is 0 Å². The third-order valence-corrected chi connectivity index (χ3v) is 6.77. The van der Waals surface area contributed by atoms with Crippen molar-refractivity contribution in [1.29, 1.82) is 0 Å². The van der Waals surface area contributed by atoms with Crippen LogP contribution < -0.4 is 15.5 Å². The van der Waals surface area contributed by atoms with E-state index in [1.165, 1.54) is 18.5 Å². The Hall–Kier alpha value is -2.86. The lowest BCUT2D eigenvalue weighted by molar-refractivity contribution is -0.120. The number of rotatable bonds is 6. The van der Waals surface area contributed by atoms with Gasteiger partial charge in [0, 0.05) is 47.7 Å². The quantitative estimate of drug-likeness (QED) is 0.698. The minimum Gasteiger partial charge on any atom is -0.370 e. The summed E-state index contributed by atoms with van der Waals surface area (Å²) in [5.74, 6) is 0.0534. The van der Waals surface area contributed by atoms with E-state index in [0.717, 1.165) is 50.1 Å². The monoisotopic (exact) mass is 434 g/mol. The second-order valence-electron chi connectivity index (χ2n) is 9.25. The van der Waals surface area contributed by atoms with Gasteiger partial charge in [-0.15, -0.1) is 0 Å². The molecule has 2 amide bonds. The van der Waals surface area contributed by atoms with Gasteiger partial charge in [0.1, 0.15) is 0 Å². The van der Waals surface area contributed by atoms with Crippen molar-refractivity contribution < 1.29 is 9.59 Å². The molecule has 2 fully saturated rings. The smallest absolute Gasteiger partial charge is 0.255 e. The number of hydrogen-bond acceptors (Lipinski definition) is 4. The van der Waals surface area contributed by atoms with E-state index in [2.05, 4.69) is 46.7 Å². The maximum absolute atomic E-state index is 12.6. The Morgan fingerprint density at radius 3 is 2.09 bits per heavy atom. The molecule has 170 valence electrons. The molecule has 1 saturated carbocycles. The first-order valence-electron chi connectivity index (χ1n) is 11.7. The molecular formula is C26H34N4O2. The van der Waals surface area contributed by atoms with Gasteiger partial charge in [0.05, 0.1) is 0 Å². The minimum absolute atomic E-state index is 0.0943. The molecule has 6 heteroatoms. The van der Waals surface area contributed by atoms with E-state index in [0.29, 0.717) is 11.6 Å². The Labute approximate surface area is 191 Å². The molecule has 1 atom stereocenters. The highest BCUT2D eigenvalue weighted by Crippen LogP contribution is 2.26. The van der Waals surface area contributed by atoms with Crippen LogP contribution in [0.1, 0.15) is 48.9 Å². The molecule has 1 heterocycles. The predicted octanol–water partition coefficient (Wildman–Crippen LogP) is 4.60. The average molecular weight is 435 g/mol. The largest absolute Gasteiger partial charge is 0.370 e. The number of likely N-dealkylation sites (N-methyl/N-ethyl adjacent to an activating group) is 1. The number of amides is 2. The SMILES string of the molecule is CN(C)C1CCN(c2ccc(NC(=O)c3ccc(NC(=O)C4CCCCC4)cc3)cc2)C1. The van der Waals surface area contributed by atoms with E-state index in [1.54, 1.807) is 24.3 Å². The Morgan fingerprint density at radius 2 is 1.47 bits per heavy atom. The van der Waals surface area contributed by atoms with Crippen LogP contribution in [0.25, 0.3) is 0 Å². The Morgan fingerprint density at radius 1 is 0.844 bits per heavy atom. The fourth-order valence-corrected chi connectivity index (χ4v) is 4.67. The third kappa shape index (κ3) is 5.49. The number of hydrogen-bond donors (Lipinski definition) is 2. The molecule has 1 saturated heterocycles. The van der Waals surface area contributed by atoms with Gasteiger partial charge in [0.25, 0.3) is 5.91 Å². The Bertz CT molecular complexity index is 918. The molecule has 0 spiro atoms. The van der Waals surface area contributed by atoms with Crippen LogP contribution in [-0.2, 0) is 4.79 Å². The molecule has 1 aliphatic carbocycles. The molecule has 0 radical (unpaired) electrons. The maximum Gasteiger partial charge on any atom is 0.255 e. The van der Waals surface area contributed by atoms with Crippen LogP contribution in [0.5, 0.6) is 0 Å². The lowest BCUT2D eigenvalue weighted by Gasteiger charge is -2.22. The second kappa shape index (κ2) is 10.2. The Balaban J connectivity index is 1.30. The van der Waals surface area contributed by atoms with E-state index in [-0.39, 0.29) is 17.7 Å². The fraction of sp³-hybridized carbons (Fsp3) is 0.462. The van der Waals surface area contributed by atoms with Crippen molar-refractivity contribution in [1.82, 2.24) is 4.90 Å². The highest BCUT2D eigenvalue weighted by atomic mass is 16.2. The number of carbonyl (C=O) groups is 2. The highest BCUT2D eigenvalue weighted by molar-refractivity contribution is 6.04. The van der Waals surface area contributed by atoms with Gasteiger partial charge in [-0.3, -0.25) is 9.59 Å². The highest BCUT2D eigenvalue weighted by Gasteiger charge is 2.24. The van der Waals surface area contributed by atoms with Crippen molar-refractivity contribution in [2.24, 2.45) is 5.92 Å². The molecule has 32 heavy (non-hydrogen) atoms. The van der Waals surface area contributed by atoms with Gasteiger partial charge >= 0.3 is 0 Å². The van der Waals surface area contributed by atoms with E-state index in [9.17, 15) is 9.59 Å². The molecule has 4 rings (SSSR count). The molecular weight excluding hydrogens is 400 g/mol. The average Bonchev–Trinajstić information content (AvgIpc) is 3.31. The molecule has 0 bridgehead atoms. The summed E-state index contributed by atoms with van der Waals surface area (Å²) >= 11 is 0. The van der Waals surface area contributed by atoms with E-state index in [1.807, 2.05) is 12.1 Å². The number of benzene rings is 2. The summed E-state index contributed by atoms with van der Waals surface area (Å²) in [6.45, 7) is 2.08. The molecule has 2 aromatic rings. The summed E-state index contributed by atoms with van der Waals surface area (Å²) in [5.41, 5.74) is 3.27. The zero-order valence-corrected chi connectivity index (χ0v) is 19.1. The summed E-state index contributed by atoms with van der Waals surface area (Å²) in [7, 11) is 4.26. The minimum atomic E-state index is -0.156. The van der Waals surface area contributed by atoms with Gasteiger partial charge in [-0.2, -0.15) is 0 Å². The normalized spacial score (nSPS) is 19.2. The van der Waals surface area contributed by atoms with Gasteiger partial charge in [-0.25, -0.2) is 0 Å². The summed E-state index contributed by atoms with van der Waals surface area (Å²) in [6, 6.07) is 15.7. The van der Waals surface area contributed by atoms with Crippen molar-refractivity contribution in [3.8, 4) is 0 Å². The topological polar surface area (TPSA) is 64.7 Å². The summed E-state index contributed by atoms with van der Waals surface area (Å²) in [5, 5.41) is 5.95. The molecule has 6 nitrogen and oxygen atoms in total. The number of carbonyl (C=O) groups excluding carboxylic acids is 2. The van der Waals surface area contributed by atoms with Gasteiger partial charge in [-0.1, -0.05) is 19.3 Å². The zero-order chi connectivity index (χ0) is 22.5. The van der Waals surface area contributed by atoms with Crippen LogP contribution in [0.4, 0.5) is 17.1 Å². The third-order valence-electron chi connectivity index (χ3n) is 6.77. The molecule has 1 unspecified atom stereocenters. The van der Waals surface area contributed by atoms with Crippen molar-refractivity contribution >= 4 is 28.9 Å². The first-order valence-corrected chi connectivity index (χ1v) is 11.7. The molecule has 2 aromatic carbocycles. The van der Waals surface area contributed by atoms with Gasteiger partial charge in [0.15, 0.2) is 0 Å². The Kier molecular flexibility index (Phi) is 7.10. The predicted molar refractivity (Wildman–Crippen MR) is 130 cm³/mol. The van der Waals surface area contributed by atoms with Crippen LogP contribution in [0, 0.1) is 5.92 Å². The van der Waals surface area contributed by atoms with Crippen molar-refractivity contribution in [3.63, 3.8) is 0 Å². The van der Waals surface area contributed by atoms with Crippen LogP contribution in [0.15, 0.2) is 48.5 Å². The van der Waals surface area contributed by atoms with Crippen molar-refractivity contribution in [2.45, 2.75) is 44.6 Å². The molecule has 0 aromatic heterocycles. The molecule has 2 N–H and O–H groups in total. The first kappa shape index (κ1) is 22.3. The standard InChI is InChI=1S/C26H34N4O2/c1-29(2)24-16-17-30(18-24)23-14-12-22(13-15-23)28-26(32)20-8-10-21(11-9-20)27-25(31)19-6-4-3-5-7-19/h8-15,19,24H,3-7,16-18H2,1-2H3,(H,27,31)(H,28,32). The van der Waals surface area contributed by atoms with E-state index in [4.69, 9.17) is 0 Å². The van der Waals surface area contributed by atoms with E-state index >= 15 is 0 Å². The number of nitrogens with zero attached hydrogens (tertiary/aromatic N) is 2. The van der Waals surface area contributed by atoms with Gasteiger partial charge in [0.2, 0.25) is 5.91 Å². The number of nitrogens with one attached hydrogen (secondary N) is 2. The maximum atomic E-state index is 12.6.